The van der Waals surface area contributed by atoms with Gasteiger partial charge >= 0.3 is 0 Å². The molecule has 1 unspecified atom stereocenters. The SMILES string of the molecule is CC(Cc1cccs1)Nc1ncc(I)cn1. The normalized spacial score (nSPS) is 12.4. The van der Waals surface area contributed by atoms with Gasteiger partial charge in [0.2, 0.25) is 5.95 Å². The molecule has 2 aromatic rings. The van der Waals surface area contributed by atoms with Gasteiger partial charge in [-0.1, -0.05) is 6.07 Å². The highest BCUT2D eigenvalue weighted by Crippen LogP contribution is 2.13. The molecule has 2 heterocycles. The Balaban J connectivity index is 1.92. The van der Waals surface area contributed by atoms with Gasteiger partial charge in [0.1, 0.15) is 0 Å². The van der Waals surface area contributed by atoms with Crippen LogP contribution in [-0.4, -0.2) is 16.0 Å². The van der Waals surface area contributed by atoms with E-state index in [1.807, 2.05) is 12.4 Å². The minimum atomic E-state index is 0.346. The average molecular weight is 345 g/mol. The highest BCUT2D eigenvalue weighted by Gasteiger charge is 2.05. The van der Waals surface area contributed by atoms with E-state index in [2.05, 4.69) is 62.3 Å². The molecule has 0 aromatic carbocycles. The Morgan fingerprint density at radius 2 is 2.19 bits per heavy atom. The second-order valence-electron chi connectivity index (χ2n) is 3.55. The molecule has 0 amide bonds. The Morgan fingerprint density at radius 3 is 2.81 bits per heavy atom. The van der Waals surface area contributed by atoms with Crippen molar-refractivity contribution in [2.24, 2.45) is 0 Å². The van der Waals surface area contributed by atoms with Crippen LogP contribution < -0.4 is 5.32 Å². The molecule has 3 nitrogen and oxygen atoms in total. The molecule has 16 heavy (non-hydrogen) atoms. The van der Waals surface area contributed by atoms with Crippen LogP contribution in [0.5, 0.6) is 0 Å². The third-order valence-corrected chi connectivity index (χ3v) is 3.54. The molecule has 2 aromatic heterocycles. The summed E-state index contributed by atoms with van der Waals surface area (Å²) < 4.78 is 1.05. The van der Waals surface area contributed by atoms with Crippen LogP contribution in [0.2, 0.25) is 0 Å². The van der Waals surface area contributed by atoms with Crippen molar-refractivity contribution in [2.75, 3.05) is 5.32 Å². The first-order valence-electron chi connectivity index (χ1n) is 5.00. The molecule has 2 rings (SSSR count). The zero-order valence-corrected chi connectivity index (χ0v) is 11.8. The van der Waals surface area contributed by atoms with E-state index in [1.165, 1.54) is 4.88 Å². The molecular formula is C11H12IN3S. The Hall–Kier alpha value is -0.690. The number of anilines is 1. The van der Waals surface area contributed by atoms with Crippen molar-refractivity contribution in [1.29, 1.82) is 0 Å². The van der Waals surface area contributed by atoms with Gasteiger partial charge in [-0.15, -0.1) is 11.3 Å². The minimum absolute atomic E-state index is 0.346. The van der Waals surface area contributed by atoms with Gasteiger partial charge in [0.25, 0.3) is 0 Å². The van der Waals surface area contributed by atoms with Gasteiger partial charge in [0.05, 0.1) is 0 Å². The maximum Gasteiger partial charge on any atom is 0.222 e. The lowest BCUT2D eigenvalue weighted by Gasteiger charge is -2.12. The summed E-state index contributed by atoms with van der Waals surface area (Å²) in [4.78, 5) is 9.82. The van der Waals surface area contributed by atoms with E-state index in [9.17, 15) is 0 Å². The zero-order valence-electron chi connectivity index (χ0n) is 8.85. The molecular weight excluding hydrogens is 333 g/mol. The lowest BCUT2D eigenvalue weighted by Crippen LogP contribution is -2.19. The molecule has 0 aliphatic rings. The Bertz CT molecular complexity index is 427. The second kappa shape index (κ2) is 5.58. The summed E-state index contributed by atoms with van der Waals surface area (Å²) in [6.45, 7) is 2.14. The van der Waals surface area contributed by atoms with Crippen LogP contribution in [0.25, 0.3) is 0 Å². The van der Waals surface area contributed by atoms with Gasteiger partial charge in [-0.05, 0) is 41.0 Å². The second-order valence-corrected chi connectivity index (χ2v) is 5.83. The first-order valence-corrected chi connectivity index (χ1v) is 6.96. The van der Waals surface area contributed by atoms with Gasteiger partial charge in [0.15, 0.2) is 0 Å². The molecule has 1 atom stereocenters. The highest BCUT2D eigenvalue weighted by atomic mass is 127. The maximum atomic E-state index is 4.22. The molecule has 0 aliphatic heterocycles. The summed E-state index contributed by atoms with van der Waals surface area (Å²) in [7, 11) is 0. The summed E-state index contributed by atoms with van der Waals surface area (Å²) >= 11 is 3.98. The summed E-state index contributed by atoms with van der Waals surface area (Å²) in [5.74, 6) is 0.699. The van der Waals surface area contributed by atoms with Crippen LogP contribution in [0, 0.1) is 3.57 Å². The van der Waals surface area contributed by atoms with Gasteiger partial charge in [0, 0.05) is 33.3 Å². The number of hydrogen-bond acceptors (Lipinski definition) is 4. The standard InChI is InChI=1S/C11H12IN3S/c1-8(5-10-3-2-4-16-10)15-11-13-6-9(12)7-14-11/h2-4,6-8H,5H2,1H3,(H,13,14,15). The molecule has 0 radical (unpaired) electrons. The van der Waals surface area contributed by atoms with E-state index in [-0.39, 0.29) is 0 Å². The van der Waals surface area contributed by atoms with E-state index in [4.69, 9.17) is 0 Å². The van der Waals surface area contributed by atoms with E-state index < -0.39 is 0 Å². The molecule has 1 N–H and O–H groups in total. The Kier molecular flexibility index (Phi) is 4.11. The van der Waals surface area contributed by atoms with Crippen molar-refractivity contribution in [1.82, 2.24) is 9.97 Å². The largest absolute Gasteiger partial charge is 0.351 e. The predicted octanol–water partition coefficient (Wildman–Crippen LogP) is 3.19. The van der Waals surface area contributed by atoms with Crippen molar-refractivity contribution >= 4 is 39.9 Å². The molecule has 0 bridgehead atoms. The number of hydrogen-bond donors (Lipinski definition) is 1. The van der Waals surface area contributed by atoms with Crippen molar-refractivity contribution in [3.05, 3.63) is 38.4 Å². The highest BCUT2D eigenvalue weighted by molar-refractivity contribution is 14.1. The molecule has 0 aliphatic carbocycles. The van der Waals surface area contributed by atoms with Crippen molar-refractivity contribution in [3.63, 3.8) is 0 Å². The third-order valence-electron chi connectivity index (χ3n) is 2.08. The Morgan fingerprint density at radius 1 is 1.44 bits per heavy atom. The molecule has 0 saturated heterocycles. The van der Waals surface area contributed by atoms with Crippen LogP contribution >= 0.6 is 33.9 Å². The van der Waals surface area contributed by atoms with Crippen molar-refractivity contribution in [3.8, 4) is 0 Å². The summed E-state index contributed by atoms with van der Waals surface area (Å²) in [6.07, 6.45) is 4.63. The average Bonchev–Trinajstić information content (AvgIpc) is 2.74. The van der Waals surface area contributed by atoms with Crippen LogP contribution in [0.1, 0.15) is 11.8 Å². The van der Waals surface area contributed by atoms with Crippen LogP contribution in [0.4, 0.5) is 5.95 Å². The van der Waals surface area contributed by atoms with Gasteiger partial charge in [-0.3, -0.25) is 0 Å². The first kappa shape index (κ1) is 11.8. The number of nitrogens with one attached hydrogen (secondary N) is 1. The van der Waals surface area contributed by atoms with Crippen LogP contribution in [-0.2, 0) is 6.42 Å². The quantitative estimate of drug-likeness (QED) is 0.865. The predicted molar refractivity (Wildman–Crippen MR) is 75.9 cm³/mol. The van der Waals surface area contributed by atoms with E-state index >= 15 is 0 Å². The zero-order chi connectivity index (χ0) is 11.4. The van der Waals surface area contributed by atoms with Crippen molar-refractivity contribution in [2.45, 2.75) is 19.4 Å². The first-order chi connectivity index (χ1) is 7.74. The fraction of sp³-hybridized carbons (Fsp3) is 0.273. The monoisotopic (exact) mass is 345 g/mol. The topological polar surface area (TPSA) is 37.8 Å². The molecule has 0 fully saturated rings. The smallest absolute Gasteiger partial charge is 0.222 e. The molecule has 5 heteroatoms. The number of thiophene rings is 1. The lowest BCUT2D eigenvalue weighted by molar-refractivity contribution is 0.786. The Labute approximate surface area is 112 Å². The fourth-order valence-electron chi connectivity index (χ4n) is 1.39. The van der Waals surface area contributed by atoms with E-state index in [0.29, 0.717) is 12.0 Å². The minimum Gasteiger partial charge on any atom is -0.351 e. The summed E-state index contributed by atoms with van der Waals surface area (Å²) in [5, 5.41) is 5.39. The molecule has 0 saturated carbocycles. The van der Waals surface area contributed by atoms with E-state index in [1.54, 1.807) is 11.3 Å². The lowest BCUT2D eigenvalue weighted by atomic mass is 10.2. The van der Waals surface area contributed by atoms with Gasteiger partial charge in [-0.2, -0.15) is 0 Å². The summed E-state index contributed by atoms with van der Waals surface area (Å²) in [6, 6.07) is 4.57. The number of rotatable bonds is 4. The number of aromatic nitrogens is 2. The number of nitrogens with zero attached hydrogens (tertiary/aromatic N) is 2. The van der Waals surface area contributed by atoms with Gasteiger partial charge in [-0.25, -0.2) is 9.97 Å². The van der Waals surface area contributed by atoms with E-state index in [0.717, 1.165) is 9.99 Å². The number of halogens is 1. The maximum absolute atomic E-state index is 4.22. The van der Waals surface area contributed by atoms with Gasteiger partial charge < -0.3 is 5.32 Å². The molecule has 84 valence electrons. The third kappa shape index (κ3) is 3.41. The summed E-state index contributed by atoms with van der Waals surface area (Å²) in [5.41, 5.74) is 0. The molecule has 0 spiro atoms. The van der Waals surface area contributed by atoms with Crippen LogP contribution in [0.3, 0.4) is 0 Å². The van der Waals surface area contributed by atoms with Crippen LogP contribution in [0.15, 0.2) is 29.9 Å². The fourth-order valence-corrected chi connectivity index (χ4v) is 2.50. The van der Waals surface area contributed by atoms with Crippen molar-refractivity contribution < 1.29 is 0 Å².